The second-order valence-electron chi connectivity index (χ2n) is 4.50. The molecule has 1 unspecified atom stereocenters. The van der Waals surface area contributed by atoms with Crippen molar-refractivity contribution in [2.45, 2.75) is 25.8 Å². The van der Waals surface area contributed by atoms with Gasteiger partial charge in [-0.05, 0) is 49.9 Å². The number of halogens is 1. The van der Waals surface area contributed by atoms with Crippen molar-refractivity contribution in [3.63, 3.8) is 0 Å². The lowest BCUT2D eigenvalue weighted by Gasteiger charge is -2.24. The minimum absolute atomic E-state index is 0.0797. The van der Waals surface area contributed by atoms with Crippen LogP contribution in [0.1, 0.15) is 30.1 Å². The summed E-state index contributed by atoms with van der Waals surface area (Å²) in [6.07, 6.45) is 2.50. The summed E-state index contributed by atoms with van der Waals surface area (Å²) in [6, 6.07) is 7.40. The van der Waals surface area contributed by atoms with Gasteiger partial charge >= 0.3 is 0 Å². The molecule has 0 spiro atoms. The number of benzene rings is 1. The van der Waals surface area contributed by atoms with Gasteiger partial charge in [0.2, 0.25) is 0 Å². The van der Waals surface area contributed by atoms with Crippen molar-refractivity contribution in [1.29, 1.82) is 0 Å². The normalized spacial score (nSPS) is 16.9. The largest absolute Gasteiger partial charge is 0.339 e. The Kier molecular flexibility index (Phi) is 3.20. The number of hydrogen-bond acceptors (Lipinski definition) is 1. The second kappa shape index (κ2) is 4.46. The fourth-order valence-corrected chi connectivity index (χ4v) is 2.00. The van der Waals surface area contributed by atoms with Crippen molar-refractivity contribution in [1.82, 2.24) is 4.90 Å². The number of carbonyl (C=O) groups excluding carboxylic acids is 1. The molecule has 2 rings (SSSR count). The number of amides is 1. The first-order chi connectivity index (χ1) is 7.59. The molecule has 1 atom stereocenters. The van der Waals surface area contributed by atoms with E-state index in [1.54, 1.807) is 24.3 Å². The van der Waals surface area contributed by atoms with Crippen LogP contribution in [0.3, 0.4) is 0 Å². The molecule has 0 aromatic heterocycles. The Bertz CT molecular complexity index is 383. The molecule has 0 aliphatic heterocycles. The molecular weight excluding hydrogens is 222 g/mol. The third kappa shape index (κ3) is 2.38. The fourth-order valence-electron chi connectivity index (χ4n) is 1.88. The molecule has 0 saturated heterocycles. The van der Waals surface area contributed by atoms with E-state index >= 15 is 0 Å². The third-order valence-corrected chi connectivity index (χ3v) is 3.58. The maximum absolute atomic E-state index is 12.1. The lowest BCUT2D eigenvalue weighted by atomic mass is 10.1. The smallest absolute Gasteiger partial charge is 0.253 e. The maximum Gasteiger partial charge on any atom is 0.253 e. The zero-order valence-electron chi connectivity index (χ0n) is 9.61. The van der Waals surface area contributed by atoms with Gasteiger partial charge in [0.1, 0.15) is 0 Å². The summed E-state index contributed by atoms with van der Waals surface area (Å²) in [5.74, 6) is 0.775. The van der Waals surface area contributed by atoms with Crippen LogP contribution in [0.25, 0.3) is 0 Å². The lowest BCUT2D eigenvalue weighted by molar-refractivity contribution is 0.0727. The van der Waals surface area contributed by atoms with Gasteiger partial charge in [0.05, 0.1) is 0 Å². The quantitative estimate of drug-likeness (QED) is 0.791. The van der Waals surface area contributed by atoms with Crippen molar-refractivity contribution in [3.8, 4) is 0 Å². The topological polar surface area (TPSA) is 20.3 Å². The van der Waals surface area contributed by atoms with Crippen molar-refractivity contribution in [2.24, 2.45) is 5.92 Å². The van der Waals surface area contributed by atoms with E-state index in [4.69, 9.17) is 11.6 Å². The Balaban J connectivity index is 2.08. The number of carbonyl (C=O) groups is 1. The molecule has 1 aromatic rings. The average molecular weight is 238 g/mol. The molecule has 3 heteroatoms. The standard InChI is InChI=1S/C13H16ClNO/c1-9(10-3-4-10)15(2)13(16)11-5-7-12(14)8-6-11/h5-10H,3-4H2,1-2H3. The van der Waals surface area contributed by atoms with Crippen LogP contribution in [0, 0.1) is 5.92 Å². The highest BCUT2D eigenvalue weighted by Crippen LogP contribution is 2.35. The van der Waals surface area contributed by atoms with Crippen LogP contribution in [0.5, 0.6) is 0 Å². The van der Waals surface area contributed by atoms with Crippen molar-refractivity contribution >= 4 is 17.5 Å². The van der Waals surface area contributed by atoms with Crippen LogP contribution in [0.4, 0.5) is 0 Å². The van der Waals surface area contributed by atoms with Gasteiger partial charge in [0, 0.05) is 23.7 Å². The number of rotatable bonds is 3. The van der Waals surface area contributed by atoms with Crippen LogP contribution in [0.15, 0.2) is 24.3 Å². The highest BCUT2D eigenvalue weighted by molar-refractivity contribution is 6.30. The molecule has 1 aromatic carbocycles. The summed E-state index contributed by atoms with van der Waals surface area (Å²) in [6.45, 7) is 2.12. The van der Waals surface area contributed by atoms with E-state index in [2.05, 4.69) is 6.92 Å². The molecule has 86 valence electrons. The average Bonchev–Trinajstić information content (AvgIpc) is 3.11. The molecule has 1 aliphatic carbocycles. The van der Waals surface area contributed by atoms with Crippen LogP contribution in [-0.2, 0) is 0 Å². The highest BCUT2D eigenvalue weighted by Gasteiger charge is 2.32. The van der Waals surface area contributed by atoms with Crippen molar-refractivity contribution in [2.75, 3.05) is 7.05 Å². The predicted molar refractivity (Wildman–Crippen MR) is 65.7 cm³/mol. The molecule has 1 amide bonds. The summed E-state index contributed by atoms with van der Waals surface area (Å²) in [5.41, 5.74) is 0.708. The van der Waals surface area contributed by atoms with E-state index < -0.39 is 0 Å². The van der Waals surface area contributed by atoms with E-state index in [9.17, 15) is 4.79 Å². The SMILES string of the molecule is CC(C1CC1)N(C)C(=O)c1ccc(Cl)cc1. The molecule has 0 heterocycles. The van der Waals surface area contributed by atoms with Gasteiger partial charge in [-0.15, -0.1) is 0 Å². The minimum Gasteiger partial charge on any atom is -0.339 e. The van der Waals surface area contributed by atoms with E-state index in [1.165, 1.54) is 12.8 Å². The molecule has 1 fully saturated rings. The summed E-state index contributed by atoms with van der Waals surface area (Å²) in [5, 5.41) is 0.662. The third-order valence-electron chi connectivity index (χ3n) is 3.33. The molecule has 0 bridgehead atoms. The van der Waals surface area contributed by atoms with E-state index in [0.29, 0.717) is 22.5 Å². The number of hydrogen-bond donors (Lipinski definition) is 0. The molecule has 0 radical (unpaired) electrons. The van der Waals surface area contributed by atoms with E-state index in [0.717, 1.165) is 0 Å². The van der Waals surface area contributed by atoms with Crippen molar-refractivity contribution in [3.05, 3.63) is 34.9 Å². The second-order valence-corrected chi connectivity index (χ2v) is 4.94. The van der Waals surface area contributed by atoms with Gasteiger partial charge in [0.25, 0.3) is 5.91 Å². The van der Waals surface area contributed by atoms with Crippen LogP contribution < -0.4 is 0 Å². The number of nitrogens with zero attached hydrogens (tertiary/aromatic N) is 1. The van der Waals surface area contributed by atoms with Gasteiger partial charge in [-0.3, -0.25) is 4.79 Å². The van der Waals surface area contributed by atoms with Crippen LogP contribution in [0.2, 0.25) is 5.02 Å². The predicted octanol–water partition coefficient (Wildman–Crippen LogP) is 3.21. The van der Waals surface area contributed by atoms with Crippen LogP contribution in [-0.4, -0.2) is 23.9 Å². The van der Waals surface area contributed by atoms with Crippen LogP contribution >= 0.6 is 11.6 Å². The highest BCUT2D eigenvalue weighted by atomic mass is 35.5. The summed E-state index contributed by atoms with van der Waals surface area (Å²) in [7, 11) is 1.87. The van der Waals surface area contributed by atoms with Crippen molar-refractivity contribution < 1.29 is 4.79 Å². The van der Waals surface area contributed by atoms with Gasteiger partial charge in [-0.25, -0.2) is 0 Å². The first kappa shape index (κ1) is 11.5. The summed E-state index contributed by atoms with van der Waals surface area (Å²) in [4.78, 5) is 13.9. The zero-order chi connectivity index (χ0) is 11.7. The lowest BCUT2D eigenvalue weighted by Crippen LogP contribution is -2.36. The minimum atomic E-state index is 0.0797. The molecule has 0 N–H and O–H groups in total. The molecule has 16 heavy (non-hydrogen) atoms. The van der Waals surface area contributed by atoms with Gasteiger partial charge in [-0.2, -0.15) is 0 Å². The maximum atomic E-state index is 12.1. The molecule has 1 aliphatic rings. The van der Waals surface area contributed by atoms with Gasteiger partial charge < -0.3 is 4.90 Å². The fraction of sp³-hybridized carbons (Fsp3) is 0.462. The molecule has 2 nitrogen and oxygen atoms in total. The Morgan fingerprint density at radius 1 is 1.38 bits per heavy atom. The first-order valence-corrected chi connectivity index (χ1v) is 6.00. The summed E-state index contributed by atoms with van der Waals surface area (Å²) >= 11 is 5.79. The molecule has 1 saturated carbocycles. The zero-order valence-corrected chi connectivity index (χ0v) is 10.4. The Labute approximate surface area is 101 Å². The monoisotopic (exact) mass is 237 g/mol. The Hall–Kier alpha value is -1.02. The first-order valence-electron chi connectivity index (χ1n) is 5.62. The Morgan fingerprint density at radius 3 is 2.44 bits per heavy atom. The van der Waals surface area contributed by atoms with E-state index in [1.807, 2.05) is 11.9 Å². The van der Waals surface area contributed by atoms with Gasteiger partial charge in [-0.1, -0.05) is 11.6 Å². The molecular formula is C13H16ClNO. The Morgan fingerprint density at radius 2 is 1.94 bits per heavy atom. The van der Waals surface area contributed by atoms with Gasteiger partial charge in [0.15, 0.2) is 0 Å². The summed E-state index contributed by atoms with van der Waals surface area (Å²) < 4.78 is 0. The van der Waals surface area contributed by atoms with E-state index in [-0.39, 0.29) is 5.91 Å².